The van der Waals surface area contributed by atoms with Gasteiger partial charge in [0.1, 0.15) is 5.82 Å². The molecule has 2 unspecified atom stereocenters. The Labute approximate surface area is 216 Å². The van der Waals surface area contributed by atoms with Crippen LogP contribution in [-0.4, -0.2) is 61.8 Å². The fourth-order valence-electron chi connectivity index (χ4n) is 4.24. The van der Waals surface area contributed by atoms with Crippen LogP contribution >= 0.6 is 25.0 Å². The molecule has 4 rings (SSSR count). The highest BCUT2D eigenvalue weighted by atomic mass is 35.5. The number of tetrazole rings is 1. The van der Waals surface area contributed by atoms with Crippen molar-refractivity contribution >= 4 is 42.9 Å². The smallest absolute Gasteiger partial charge is 0.305 e. The summed E-state index contributed by atoms with van der Waals surface area (Å²) in [6, 6.07) is 5.93. The minimum atomic E-state index is -0.607. The van der Waals surface area contributed by atoms with Crippen molar-refractivity contribution in [3.8, 4) is 0 Å². The van der Waals surface area contributed by atoms with Crippen LogP contribution in [0.4, 0.5) is 4.39 Å². The SMILES string of the molecule is CCOC(=O)CCCn1nnc(/C=C2/CN(C(C(=O)C3CC3)c3ccccc3F)CCC2S)n1.Cl. The molecule has 8 nitrogen and oxygen atoms in total. The van der Waals surface area contributed by atoms with Crippen LogP contribution in [0.5, 0.6) is 0 Å². The lowest BCUT2D eigenvalue weighted by Crippen LogP contribution is -2.42. The number of benzene rings is 1. The van der Waals surface area contributed by atoms with E-state index >= 15 is 0 Å². The van der Waals surface area contributed by atoms with Crippen molar-refractivity contribution in [2.45, 2.75) is 56.9 Å². The van der Waals surface area contributed by atoms with Crippen molar-refractivity contribution in [1.82, 2.24) is 25.1 Å². The molecule has 0 radical (unpaired) electrons. The number of hydrogen-bond donors (Lipinski definition) is 1. The number of piperidine rings is 1. The van der Waals surface area contributed by atoms with Gasteiger partial charge in [-0.1, -0.05) is 18.2 Å². The van der Waals surface area contributed by atoms with E-state index in [4.69, 9.17) is 17.4 Å². The first-order chi connectivity index (χ1) is 16.5. The average Bonchev–Trinajstić information content (AvgIpc) is 3.58. The topological polar surface area (TPSA) is 90.2 Å². The number of likely N-dealkylation sites (tertiary alicyclic amines) is 1. The normalized spacial score (nSPS) is 20.3. The van der Waals surface area contributed by atoms with Crippen LogP contribution in [0.3, 0.4) is 0 Å². The number of hydrogen-bond acceptors (Lipinski definition) is 8. The second kappa shape index (κ2) is 12.6. The summed E-state index contributed by atoms with van der Waals surface area (Å²) < 4.78 is 19.6. The predicted molar refractivity (Wildman–Crippen MR) is 135 cm³/mol. The fourth-order valence-corrected chi connectivity index (χ4v) is 4.52. The van der Waals surface area contributed by atoms with Gasteiger partial charge in [-0.3, -0.25) is 14.5 Å². The molecule has 1 aromatic heterocycles. The quantitative estimate of drug-likeness (QED) is 0.375. The van der Waals surface area contributed by atoms with Gasteiger partial charge in [0.15, 0.2) is 11.6 Å². The van der Waals surface area contributed by atoms with Crippen molar-refractivity contribution in [3.05, 3.63) is 47.0 Å². The molecule has 2 heterocycles. The van der Waals surface area contributed by atoms with Crippen molar-refractivity contribution in [1.29, 1.82) is 0 Å². The maximum atomic E-state index is 14.7. The third kappa shape index (κ3) is 7.11. The van der Waals surface area contributed by atoms with Gasteiger partial charge in [0.25, 0.3) is 0 Å². The number of ether oxygens (including phenoxy) is 1. The Morgan fingerprint density at radius 1 is 1.29 bits per heavy atom. The Bertz CT molecular complexity index is 1060. The number of aryl methyl sites for hydroxylation is 1. The van der Waals surface area contributed by atoms with Gasteiger partial charge >= 0.3 is 5.97 Å². The molecule has 2 aliphatic rings. The third-order valence-corrected chi connectivity index (χ3v) is 6.73. The molecule has 1 saturated carbocycles. The Morgan fingerprint density at radius 3 is 2.77 bits per heavy atom. The molecule has 0 bridgehead atoms. The Balaban J connectivity index is 0.00000342. The zero-order valence-corrected chi connectivity index (χ0v) is 21.4. The average molecular weight is 524 g/mol. The van der Waals surface area contributed by atoms with E-state index in [1.165, 1.54) is 10.9 Å². The number of aromatic nitrogens is 4. The number of thiol groups is 1. The van der Waals surface area contributed by atoms with Gasteiger partial charge in [0, 0.05) is 36.2 Å². The lowest BCUT2D eigenvalue weighted by atomic mass is 9.93. The zero-order valence-electron chi connectivity index (χ0n) is 19.7. The number of nitrogens with zero attached hydrogens (tertiary/aromatic N) is 5. The summed E-state index contributed by atoms with van der Waals surface area (Å²) in [6.45, 7) is 3.72. The molecule has 2 aromatic rings. The molecule has 1 aliphatic carbocycles. The van der Waals surface area contributed by atoms with Crippen molar-refractivity contribution in [2.75, 3.05) is 19.7 Å². The number of halogens is 2. The fraction of sp³-hybridized carbons (Fsp3) is 0.542. The van der Waals surface area contributed by atoms with Crippen LogP contribution < -0.4 is 0 Å². The molecular formula is C24H31ClFN5O3S. The van der Waals surface area contributed by atoms with Crippen LogP contribution in [0.2, 0.25) is 0 Å². The highest BCUT2D eigenvalue weighted by molar-refractivity contribution is 7.81. The standard InChI is InChI=1S/C24H30FN5O3S.ClH/c1-2-33-22(31)8-5-12-30-27-21(26-28-30)14-17-15-29(13-11-20(17)34)23(24(32)16-9-10-16)18-6-3-4-7-19(18)25;/h3-4,6-7,14,16,20,23,34H,2,5,8-13,15H2,1H3;1H/b17-14-;. The summed E-state index contributed by atoms with van der Waals surface area (Å²) in [6.07, 6.45) is 5.18. The summed E-state index contributed by atoms with van der Waals surface area (Å²) in [4.78, 5) is 28.2. The maximum Gasteiger partial charge on any atom is 0.305 e. The molecule has 11 heteroatoms. The van der Waals surface area contributed by atoms with Crippen LogP contribution in [0.25, 0.3) is 6.08 Å². The summed E-state index contributed by atoms with van der Waals surface area (Å²) in [7, 11) is 0. The second-order valence-electron chi connectivity index (χ2n) is 8.75. The predicted octanol–water partition coefficient (Wildman–Crippen LogP) is 3.69. The third-order valence-electron chi connectivity index (χ3n) is 6.14. The Morgan fingerprint density at radius 2 is 2.06 bits per heavy atom. The lowest BCUT2D eigenvalue weighted by molar-refractivity contribution is -0.143. The van der Waals surface area contributed by atoms with E-state index in [-0.39, 0.29) is 41.1 Å². The van der Waals surface area contributed by atoms with Crippen LogP contribution in [0.15, 0.2) is 29.8 Å². The number of Topliss-reactive ketones (excluding diaryl/α,β-unsaturated/α-hetero) is 1. The number of ketones is 1. The lowest BCUT2D eigenvalue weighted by Gasteiger charge is -2.37. The summed E-state index contributed by atoms with van der Waals surface area (Å²) in [5.41, 5.74) is 1.40. The number of rotatable bonds is 10. The summed E-state index contributed by atoms with van der Waals surface area (Å²) in [5, 5.41) is 12.5. The van der Waals surface area contributed by atoms with E-state index in [0.717, 1.165) is 24.8 Å². The van der Waals surface area contributed by atoms with Crippen LogP contribution in [0.1, 0.15) is 56.5 Å². The number of esters is 1. The van der Waals surface area contributed by atoms with E-state index in [2.05, 4.69) is 15.4 Å². The minimum Gasteiger partial charge on any atom is -0.466 e. The van der Waals surface area contributed by atoms with Gasteiger partial charge in [-0.2, -0.15) is 17.4 Å². The van der Waals surface area contributed by atoms with Gasteiger partial charge in [-0.15, -0.1) is 22.6 Å². The van der Waals surface area contributed by atoms with E-state index < -0.39 is 6.04 Å². The first-order valence-electron chi connectivity index (χ1n) is 11.8. The van der Waals surface area contributed by atoms with Gasteiger partial charge in [-0.25, -0.2) is 4.39 Å². The molecule has 0 N–H and O–H groups in total. The number of carbonyl (C=O) groups excluding carboxylic acids is 2. The van der Waals surface area contributed by atoms with E-state index in [1.807, 2.05) is 11.0 Å². The molecular weight excluding hydrogens is 493 g/mol. The maximum absolute atomic E-state index is 14.7. The van der Waals surface area contributed by atoms with Crippen LogP contribution in [-0.2, 0) is 20.9 Å². The van der Waals surface area contributed by atoms with Crippen molar-refractivity contribution < 1.29 is 18.7 Å². The Kier molecular flexibility index (Phi) is 9.82. The van der Waals surface area contributed by atoms with Gasteiger partial charge in [0.2, 0.25) is 0 Å². The highest BCUT2D eigenvalue weighted by Gasteiger charge is 2.40. The summed E-state index contributed by atoms with van der Waals surface area (Å²) in [5.74, 6) is -0.0413. The largest absolute Gasteiger partial charge is 0.466 e. The molecule has 0 spiro atoms. The molecule has 2 atom stereocenters. The van der Waals surface area contributed by atoms with Gasteiger partial charge in [-0.05, 0) is 55.5 Å². The first kappa shape index (κ1) is 27.3. The zero-order chi connectivity index (χ0) is 24.1. The molecule has 1 saturated heterocycles. The number of carbonyl (C=O) groups is 2. The highest BCUT2D eigenvalue weighted by Crippen LogP contribution is 2.39. The minimum absolute atomic E-state index is 0. The van der Waals surface area contributed by atoms with E-state index in [0.29, 0.717) is 50.5 Å². The molecule has 1 aromatic carbocycles. The molecule has 2 fully saturated rings. The van der Waals surface area contributed by atoms with E-state index in [1.54, 1.807) is 25.1 Å². The monoisotopic (exact) mass is 523 g/mol. The molecule has 0 amide bonds. The Hall–Kier alpha value is -2.30. The molecule has 35 heavy (non-hydrogen) atoms. The van der Waals surface area contributed by atoms with E-state index in [9.17, 15) is 14.0 Å². The second-order valence-corrected chi connectivity index (χ2v) is 9.37. The first-order valence-corrected chi connectivity index (χ1v) is 12.3. The van der Waals surface area contributed by atoms with Crippen LogP contribution in [0, 0.1) is 11.7 Å². The molecule has 1 aliphatic heterocycles. The summed E-state index contributed by atoms with van der Waals surface area (Å²) >= 11 is 4.73. The van der Waals surface area contributed by atoms with Gasteiger partial charge in [0.05, 0.1) is 19.2 Å². The van der Waals surface area contributed by atoms with Gasteiger partial charge < -0.3 is 4.74 Å². The van der Waals surface area contributed by atoms with Crippen molar-refractivity contribution in [3.63, 3.8) is 0 Å². The van der Waals surface area contributed by atoms with Crippen molar-refractivity contribution in [2.24, 2.45) is 5.92 Å². The molecule has 190 valence electrons.